The minimum Gasteiger partial charge on any atom is -0.422 e. The molecule has 110 valence electrons. The molecule has 1 atom stereocenters. The van der Waals surface area contributed by atoms with E-state index in [0.29, 0.717) is 0 Å². The second-order valence-corrected chi connectivity index (χ2v) is 4.85. The molecule has 0 saturated carbocycles. The lowest BCUT2D eigenvalue weighted by Crippen LogP contribution is -2.59. The number of rotatable bonds is 1. The first-order chi connectivity index (χ1) is 9.84. The molecule has 7 heteroatoms. The number of aromatic nitrogens is 1. The van der Waals surface area contributed by atoms with E-state index in [-0.39, 0.29) is 17.1 Å². The molecular weight excluding hydrogens is 285 g/mol. The summed E-state index contributed by atoms with van der Waals surface area (Å²) in [6, 6.07) is 7.19. The fourth-order valence-corrected chi connectivity index (χ4v) is 2.33. The number of H-pyrrole nitrogens is 1. The monoisotopic (exact) mass is 296 g/mol. The largest absolute Gasteiger partial charge is 0.428 e. The quantitative estimate of drug-likeness (QED) is 0.628. The van der Waals surface area contributed by atoms with Crippen molar-refractivity contribution in [2.45, 2.75) is 18.6 Å². The van der Waals surface area contributed by atoms with Crippen LogP contribution in [0.4, 0.5) is 18.9 Å². The van der Waals surface area contributed by atoms with Crippen LogP contribution in [0.15, 0.2) is 36.5 Å². The van der Waals surface area contributed by atoms with Gasteiger partial charge in [0.25, 0.3) is 5.54 Å². The Bertz CT molecular complexity index is 695. The highest BCUT2D eigenvalue weighted by Gasteiger charge is 2.65. The van der Waals surface area contributed by atoms with Gasteiger partial charge in [-0.2, -0.15) is 13.2 Å². The molecule has 1 aromatic carbocycles. The lowest BCUT2D eigenvalue weighted by Gasteiger charge is -2.37. The van der Waals surface area contributed by atoms with Crippen molar-refractivity contribution in [2.24, 2.45) is 0 Å². The summed E-state index contributed by atoms with van der Waals surface area (Å²) in [7, 11) is 0. The van der Waals surface area contributed by atoms with Gasteiger partial charge in [0.05, 0.1) is 11.4 Å². The van der Waals surface area contributed by atoms with Gasteiger partial charge in [0.2, 0.25) is 0 Å². The number of ether oxygens (including phenoxy) is 1. The first-order valence-electron chi connectivity index (χ1n) is 6.16. The zero-order valence-corrected chi connectivity index (χ0v) is 10.9. The fourth-order valence-electron chi connectivity index (χ4n) is 2.33. The van der Waals surface area contributed by atoms with E-state index in [9.17, 15) is 18.0 Å². The van der Waals surface area contributed by atoms with Crippen molar-refractivity contribution in [3.63, 3.8) is 0 Å². The number of halogens is 3. The molecule has 1 aliphatic heterocycles. The number of carbonyl (C=O) groups excluding carboxylic acids is 1. The van der Waals surface area contributed by atoms with Crippen LogP contribution < -0.4 is 10.1 Å². The number of carbonyl (C=O) groups is 1. The molecule has 2 aromatic rings. The summed E-state index contributed by atoms with van der Waals surface area (Å²) in [4.78, 5) is 14.6. The summed E-state index contributed by atoms with van der Waals surface area (Å²) in [6.07, 6.45) is -3.54. The van der Waals surface area contributed by atoms with Gasteiger partial charge in [0.1, 0.15) is 0 Å². The van der Waals surface area contributed by atoms with E-state index < -0.39 is 17.7 Å². The predicted octanol–water partition coefficient (Wildman–Crippen LogP) is 3.11. The van der Waals surface area contributed by atoms with Gasteiger partial charge in [-0.3, -0.25) is 0 Å². The van der Waals surface area contributed by atoms with Crippen LogP contribution in [-0.4, -0.2) is 17.1 Å². The van der Waals surface area contributed by atoms with Crippen molar-refractivity contribution in [3.05, 3.63) is 47.8 Å². The highest BCUT2D eigenvalue weighted by atomic mass is 19.4. The summed E-state index contributed by atoms with van der Waals surface area (Å²) < 4.78 is 45.7. The van der Waals surface area contributed by atoms with Gasteiger partial charge in [-0.05, 0) is 36.8 Å². The molecule has 0 saturated heterocycles. The maximum Gasteiger partial charge on any atom is 0.428 e. The van der Waals surface area contributed by atoms with Crippen molar-refractivity contribution in [2.75, 3.05) is 5.32 Å². The van der Waals surface area contributed by atoms with E-state index in [4.69, 9.17) is 4.74 Å². The highest BCUT2D eigenvalue weighted by Crippen LogP contribution is 2.47. The van der Waals surface area contributed by atoms with Crippen LogP contribution in [0, 0.1) is 6.92 Å². The van der Waals surface area contributed by atoms with E-state index in [1.54, 1.807) is 13.0 Å². The van der Waals surface area contributed by atoms with Crippen LogP contribution in [0.25, 0.3) is 0 Å². The SMILES string of the molecule is Cc1ccc2c(c1)OC(=O)[C@](c1ccc[nH]1)(C(F)(F)F)N2. The zero-order chi connectivity index (χ0) is 15.3. The first kappa shape index (κ1) is 13.5. The molecule has 2 N–H and O–H groups in total. The Morgan fingerprint density at radius 3 is 2.62 bits per heavy atom. The van der Waals surface area contributed by atoms with Crippen LogP contribution in [0.2, 0.25) is 0 Å². The summed E-state index contributed by atoms with van der Waals surface area (Å²) >= 11 is 0. The molecule has 1 aliphatic rings. The normalized spacial score (nSPS) is 21.4. The number of hydrogen-bond donors (Lipinski definition) is 2. The van der Waals surface area contributed by atoms with Gasteiger partial charge < -0.3 is 15.0 Å². The van der Waals surface area contributed by atoms with Crippen LogP contribution in [-0.2, 0) is 10.3 Å². The average molecular weight is 296 g/mol. The number of esters is 1. The molecule has 4 nitrogen and oxygen atoms in total. The first-order valence-corrected chi connectivity index (χ1v) is 6.16. The van der Waals surface area contributed by atoms with Crippen LogP contribution in [0.5, 0.6) is 5.75 Å². The van der Waals surface area contributed by atoms with Crippen LogP contribution in [0.3, 0.4) is 0 Å². The van der Waals surface area contributed by atoms with Gasteiger partial charge in [-0.1, -0.05) is 6.07 Å². The molecule has 0 spiro atoms. The molecule has 0 amide bonds. The molecule has 1 aromatic heterocycles. The second-order valence-electron chi connectivity index (χ2n) is 4.85. The molecule has 0 bridgehead atoms. The van der Waals surface area contributed by atoms with Gasteiger partial charge in [-0.15, -0.1) is 0 Å². The van der Waals surface area contributed by atoms with Crippen molar-refractivity contribution in [1.82, 2.24) is 4.98 Å². The number of fused-ring (bicyclic) bond motifs is 1. The Labute approximate surface area is 117 Å². The molecule has 0 radical (unpaired) electrons. The van der Waals surface area contributed by atoms with Gasteiger partial charge in [-0.25, -0.2) is 4.79 Å². The molecule has 0 aliphatic carbocycles. The van der Waals surface area contributed by atoms with Crippen LogP contribution in [0.1, 0.15) is 11.3 Å². The minimum absolute atomic E-state index is 0.0893. The number of nitrogens with one attached hydrogen (secondary N) is 2. The smallest absolute Gasteiger partial charge is 0.422 e. The molecular formula is C14H11F3N2O2. The highest BCUT2D eigenvalue weighted by molar-refractivity contribution is 5.93. The summed E-state index contributed by atoms with van der Waals surface area (Å²) in [5.74, 6) is -1.32. The number of anilines is 1. The predicted molar refractivity (Wildman–Crippen MR) is 69.0 cm³/mol. The van der Waals surface area contributed by atoms with E-state index in [0.717, 1.165) is 5.56 Å². The van der Waals surface area contributed by atoms with Crippen LogP contribution >= 0.6 is 0 Å². The Morgan fingerprint density at radius 1 is 1.24 bits per heavy atom. The Kier molecular flexibility index (Phi) is 2.76. The third-order valence-corrected chi connectivity index (χ3v) is 3.40. The summed E-state index contributed by atoms with van der Waals surface area (Å²) in [6.45, 7) is 1.75. The number of alkyl halides is 3. The lowest BCUT2D eigenvalue weighted by molar-refractivity contribution is -0.199. The Hall–Kier alpha value is -2.44. The van der Waals surface area contributed by atoms with Gasteiger partial charge in [0, 0.05) is 6.20 Å². The zero-order valence-electron chi connectivity index (χ0n) is 10.9. The van der Waals surface area contributed by atoms with Crippen molar-refractivity contribution < 1.29 is 22.7 Å². The van der Waals surface area contributed by atoms with Gasteiger partial charge in [0.15, 0.2) is 5.75 Å². The Balaban J connectivity index is 2.19. The van der Waals surface area contributed by atoms with Crippen molar-refractivity contribution in [1.29, 1.82) is 0 Å². The lowest BCUT2D eigenvalue weighted by atomic mass is 9.92. The summed E-state index contributed by atoms with van der Waals surface area (Å²) in [5.41, 5.74) is -2.35. The Morgan fingerprint density at radius 2 is 2.00 bits per heavy atom. The number of aryl methyl sites for hydroxylation is 1. The standard InChI is InChI=1S/C14H11F3N2O2/c1-8-4-5-9-10(7-8)21-12(20)13(19-9,14(15,16)17)11-3-2-6-18-11/h2-7,18-19H,1H3/t13-/m1/s1. The van der Waals surface area contributed by atoms with E-state index >= 15 is 0 Å². The number of aromatic amines is 1. The fraction of sp³-hybridized carbons (Fsp3) is 0.214. The maximum absolute atomic E-state index is 13.6. The molecule has 0 unspecified atom stereocenters. The van der Waals surface area contributed by atoms with Crippen molar-refractivity contribution >= 4 is 11.7 Å². The average Bonchev–Trinajstić information content (AvgIpc) is 2.90. The molecule has 0 fully saturated rings. The topological polar surface area (TPSA) is 54.1 Å². The minimum atomic E-state index is -4.86. The molecule has 3 rings (SSSR count). The van der Waals surface area contributed by atoms with E-state index in [1.165, 1.54) is 30.5 Å². The van der Waals surface area contributed by atoms with Gasteiger partial charge >= 0.3 is 12.1 Å². The van der Waals surface area contributed by atoms with E-state index in [2.05, 4.69) is 10.3 Å². The molecule has 2 heterocycles. The third kappa shape index (κ3) is 1.88. The van der Waals surface area contributed by atoms with Crippen molar-refractivity contribution in [3.8, 4) is 5.75 Å². The van der Waals surface area contributed by atoms with E-state index in [1.807, 2.05) is 0 Å². The third-order valence-electron chi connectivity index (χ3n) is 3.40. The summed E-state index contributed by atoms with van der Waals surface area (Å²) in [5, 5.41) is 2.30. The maximum atomic E-state index is 13.6. The number of benzene rings is 1. The number of hydrogen-bond acceptors (Lipinski definition) is 3. The second kappa shape index (κ2) is 4.28. The molecule has 21 heavy (non-hydrogen) atoms.